The van der Waals surface area contributed by atoms with Crippen molar-refractivity contribution in [2.45, 2.75) is 46.0 Å². The molecule has 0 unspecified atom stereocenters. The summed E-state index contributed by atoms with van der Waals surface area (Å²) in [5.74, 6) is 1.81. The first kappa shape index (κ1) is 26.9. The van der Waals surface area contributed by atoms with Gasteiger partial charge < -0.3 is 10.6 Å². The van der Waals surface area contributed by atoms with Crippen LogP contribution in [0.5, 0.6) is 0 Å². The topological polar surface area (TPSA) is 102 Å². The zero-order valence-corrected chi connectivity index (χ0v) is 24.1. The van der Waals surface area contributed by atoms with E-state index in [1.54, 1.807) is 10.9 Å². The summed E-state index contributed by atoms with van der Waals surface area (Å²) in [5.41, 5.74) is 6.25. The van der Waals surface area contributed by atoms with Gasteiger partial charge in [-0.2, -0.15) is 10.2 Å². The third-order valence-electron chi connectivity index (χ3n) is 6.94. The van der Waals surface area contributed by atoms with Gasteiger partial charge in [0.2, 0.25) is 0 Å². The summed E-state index contributed by atoms with van der Waals surface area (Å²) in [5, 5.41) is 19.6. The number of pyridine rings is 1. The number of benzene rings is 2. The molecule has 2 amide bonds. The Bertz CT molecular complexity index is 1660. The van der Waals surface area contributed by atoms with E-state index in [9.17, 15) is 4.79 Å². The van der Waals surface area contributed by atoms with E-state index in [0.717, 1.165) is 39.4 Å². The molecule has 0 atom stereocenters. The fourth-order valence-electron chi connectivity index (χ4n) is 4.62. The van der Waals surface area contributed by atoms with Crippen LogP contribution in [0.1, 0.15) is 51.8 Å². The first-order chi connectivity index (χ1) is 19.0. The van der Waals surface area contributed by atoms with Gasteiger partial charge in [0.15, 0.2) is 0 Å². The van der Waals surface area contributed by atoms with E-state index >= 15 is 0 Å². The number of aryl methyl sites for hydroxylation is 1. The zero-order valence-electron chi connectivity index (χ0n) is 24.1. The van der Waals surface area contributed by atoms with Crippen molar-refractivity contribution in [3.8, 4) is 16.9 Å². The number of aromatic nitrogens is 5. The largest absolute Gasteiger partial charge is 0.373 e. The van der Waals surface area contributed by atoms with E-state index in [0.29, 0.717) is 17.4 Å². The number of hydrogen-bond donors (Lipinski definition) is 3. The highest BCUT2D eigenvalue weighted by atomic mass is 16.2. The van der Waals surface area contributed by atoms with Crippen LogP contribution >= 0.6 is 0 Å². The van der Waals surface area contributed by atoms with E-state index in [1.165, 1.54) is 5.56 Å². The molecule has 3 heterocycles. The van der Waals surface area contributed by atoms with Crippen LogP contribution in [0.15, 0.2) is 66.9 Å². The maximum Gasteiger partial charge on any atom is 0.324 e. The summed E-state index contributed by atoms with van der Waals surface area (Å²) in [6, 6.07) is 19.4. The van der Waals surface area contributed by atoms with Crippen molar-refractivity contribution >= 4 is 34.3 Å². The summed E-state index contributed by atoms with van der Waals surface area (Å²) >= 11 is 0. The molecule has 0 aliphatic heterocycles. The number of amides is 2. The summed E-state index contributed by atoms with van der Waals surface area (Å²) in [6.45, 7) is 10.6. The minimum Gasteiger partial charge on any atom is -0.373 e. The SMILES string of the molecule is CNc1nccc2c1c(-c1ccc(NC(=O)Nc3cc(C(C)(C)C)nn3-c3ccc(C(C)C)cc3)cc1)nn2C. The Balaban J connectivity index is 1.37. The third-order valence-corrected chi connectivity index (χ3v) is 6.94. The van der Waals surface area contributed by atoms with Gasteiger partial charge in [0.05, 0.1) is 22.3 Å². The van der Waals surface area contributed by atoms with E-state index in [-0.39, 0.29) is 11.4 Å². The molecule has 9 nitrogen and oxygen atoms in total. The smallest absolute Gasteiger partial charge is 0.324 e. The Kier molecular flexibility index (Phi) is 7.06. The molecular formula is C31H36N8O. The van der Waals surface area contributed by atoms with Crippen LogP contribution in [-0.4, -0.2) is 37.6 Å². The number of hydrogen-bond acceptors (Lipinski definition) is 5. The predicted molar refractivity (Wildman–Crippen MR) is 162 cm³/mol. The highest BCUT2D eigenvalue weighted by Crippen LogP contribution is 2.32. The lowest BCUT2D eigenvalue weighted by Gasteiger charge is -2.14. The maximum atomic E-state index is 13.1. The van der Waals surface area contributed by atoms with Crippen LogP contribution in [0.25, 0.3) is 27.8 Å². The second kappa shape index (κ2) is 10.5. The van der Waals surface area contributed by atoms with Crippen molar-refractivity contribution in [2.24, 2.45) is 7.05 Å². The summed E-state index contributed by atoms with van der Waals surface area (Å²) in [4.78, 5) is 17.5. The lowest BCUT2D eigenvalue weighted by molar-refractivity contribution is 0.262. The molecule has 40 heavy (non-hydrogen) atoms. The van der Waals surface area contributed by atoms with Gasteiger partial charge in [-0.1, -0.05) is 58.9 Å². The number of rotatable bonds is 6. The molecule has 0 saturated carbocycles. The Hall–Kier alpha value is -4.66. The Labute approximate surface area is 234 Å². The minimum absolute atomic E-state index is 0.176. The lowest BCUT2D eigenvalue weighted by atomic mass is 9.92. The summed E-state index contributed by atoms with van der Waals surface area (Å²) < 4.78 is 3.63. The predicted octanol–water partition coefficient (Wildman–Crippen LogP) is 6.93. The number of urea groups is 1. The molecule has 0 radical (unpaired) electrons. The number of nitrogens with zero attached hydrogens (tertiary/aromatic N) is 5. The molecule has 3 N–H and O–H groups in total. The van der Waals surface area contributed by atoms with Gasteiger partial charge in [-0.25, -0.2) is 14.5 Å². The highest BCUT2D eigenvalue weighted by molar-refractivity contribution is 6.02. The monoisotopic (exact) mass is 536 g/mol. The minimum atomic E-state index is -0.349. The maximum absolute atomic E-state index is 13.1. The number of carbonyl (C=O) groups excluding carboxylic acids is 1. The van der Waals surface area contributed by atoms with Gasteiger partial charge >= 0.3 is 6.03 Å². The fourth-order valence-corrected chi connectivity index (χ4v) is 4.62. The van der Waals surface area contributed by atoms with E-state index in [4.69, 9.17) is 10.2 Å². The van der Waals surface area contributed by atoms with E-state index in [1.807, 2.05) is 67.3 Å². The average molecular weight is 537 g/mol. The number of nitrogens with one attached hydrogen (secondary N) is 3. The highest BCUT2D eigenvalue weighted by Gasteiger charge is 2.22. The lowest BCUT2D eigenvalue weighted by Crippen LogP contribution is -2.21. The van der Waals surface area contributed by atoms with Crippen LogP contribution in [-0.2, 0) is 12.5 Å². The van der Waals surface area contributed by atoms with Crippen LogP contribution < -0.4 is 16.0 Å². The van der Waals surface area contributed by atoms with Gasteiger partial charge in [-0.3, -0.25) is 10.00 Å². The fraction of sp³-hybridized carbons (Fsp3) is 0.290. The number of carbonyl (C=O) groups is 1. The van der Waals surface area contributed by atoms with Crippen molar-refractivity contribution in [3.05, 3.63) is 78.1 Å². The van der Waals surface area contributed by atoms with Crippen molar-refractivity contribution in [3.63, 3.8) is 0 Å². The van der Waals surface area contributed by atoms with Crippen LogP contribution in [0, 0.1) is 0 Å². The number of anilines is 3. The number of fused-ring (bicyclic) bond motifs is 1. The first-order valence-corrected chi connectivity index (χ1v) is 13.4. The molecule has 2 aromatic carbocycles. The molecule has 5 rings (SSSR count). The molecule has 206 valence electrons. The first-order valence-electron chi connectivity index (χ1n) is 13.4. The Morgan fingerprint density at radius 1 is 0.925 bits per heavy atom. The summed E-state index contributed by atoms with van der Waals surface area (Å²) in [7, 11) is 3.77. The normalized spacial score (nSPS) is 11.7. The Morgan fingerprint density at radius 2 is 1.62 bits per heavy atom. The average Bonchev–Trinajstić information content (AvgIpc) is 3.50. The quantitative estimate of drug-likeness (QED) is 0.218. The second-order valence-electron chi connectivity index (χ2n) is 11.3. The van der Waals surface area contributed by atoms with Crippen LogP contribution in [0.4, 0.5) is 22.1 Å². The van der Waals surface area contributed by atoms with Crippen molar-refractivity contribution in [2.75, 3.05) is 23.0 Å². The molecule has 0 fully saturated rings. The molecule has 0 saturated heterocycles. The molecule has 3 aromatic heterocycles. The molecule has 5 aromatic rings. The van der Waals surface area contributed by atoms with Gasteiger partial charge in [0.25, 0.3) is 0 Å². The zero-order chi connectivity index (χ0) is 28.6. The molecule has 9 heteroatoms. The van der Waals surface area contributed by atoms with Crippen molar-refractivity contribution in [1.82, 2.24) is 24.5 Å². The van der Waals surface area contributed by atoms with Gasteiger partial charge in [-0.05, 0) is 41.8 Å². The molecule has 0 aliphatic carbocycles. The molecule has 0 bridgehead atoms. The van der Waals surface area contributed by atoms with Crippen molar-refractivity contribution in [1.29, 1.82) is 0 Å². The molecular weight excluding hydrogens is 500 g/mol. The van der Waals surface area contributed by atoms with Gasteiger partial charge in [0.1, 0.15) is 17.3 Å². The third kappa shape index (κ3) is 5.27. The van der Waals surface area contributed by atoms with Gasteiger partial charge in [-0.15, -0.1) is 0 Å². The summed E-state index contributed by atoms with van der Waals surface area (Å²) in [6.07, 6.45) is 1.77. The molecule has 0 aliphatic rings. The standard InChI is InChI=1S/C31H36N8O/c1-19(2)20-10-14-23(15-11-20)39-26(18-25(36-39)31(3,4)5)35-30(40)34-22-12-8-21(9-13-22)28-27-24(38(7)37-28)16-17-33-29(27)32-6/h8-19H,1-7H3,(H,32,33)(H2,34,35,40). The molecule has 0 spiro atoms. The van der Waals surface area contributed by atoms with Crippen LogP contribution in [0.3, 0.4) is 0 Å². The Morgan fingerprint density at radius 3 is 2.25 bits per heavy atom. The van der Waals surface area contributed by atoms with Crippen LogP contribution in [0.2, 0.25) is 0 Å². The second-order valence-corrected chi connectivity index (χ2v) is 11.3. The van der Waals surface area contributed by atoms with E-state index < -0.39 is 0 Å². The van der Waals surface area contributed by atoms with E-state index in [2.05, 4.69) is 67.7 Å². The van der Waals surface area contributed by atoms with Gasteiger partial charge in [0, 0.05) is 43.0 Å². The van der Waals surface area contributed by atoms with Crippen molar-refractivity contribution < 1.29 is 4.79 Å².